The molecule has 1 N–H and O–H groups in total. The summed E-state index contributed by atoms with van der Waals surface area (Å²) < 4.78 is 6.06. The lowest BCUT2D eigenvalue weighted by Gasteiger charge is -2.36. The van der Waals surface area contributed by atoms with Crippen LogP contribution in [0.4, 0.5) is 5.69 Å². The minimum Gasteiger partial charge on any atom is -0.507 e. The molecule has 2 aliphatic heterocycles. The zero-order valence-corrected chi connectivity index (χ0v) is 20.2. The molecule has 0 amide bonds. The summed E-state index contributed by atoms with van der Waals surface area (Å²) in [4.78, 5) is 17.7. The van der Waals surface area contributed by atoms with Gasteiger partial charge in [-0.3, -0.25) is 9.69 Å². The number of aromatic hydroxyl groups is 1. The van der Waals surface area contributed by atoms with E-state index in [1.165, 1.54) is 0 Å². The van der Waals surface area contributed by atoms with Crippen LogP contribution in [0.25, 0.3) is 6.08 Å². The van der Waals surface area contributed by atoms with Crippen LogP contribution in [0.5, 0.6) is 11.5 Å². The van der Waals surface area contributed by atoms with Gasteiger partial charge in [0.25, 0.3) is 0 Å². The standard InChI is InChI=1S/C27H24Cl2N2O3/c1-17-12-23(32)22(16-30-8-10-31(11-9-30)21-7-3-6-20(29)15-21)27-25(17)26(33)24(34-27)14-18-4-2-5-19(28)13-18/h2-7,12-15,32H,8-11,16H2,1H3/b24-14-. The van der Waals surface area contributed by atoms with E-state index in [4.69, 9.17) is 27.9 Å². The minimum atomic E-state index is -0.181. The Bertz CT molecular complexity index is 1300. The number of carbonyl (C=O) groups is 1. The van der Waals surface area contributed by atoms with E-state index in [9.17, 15) is 9.90 Å². The number of halogens is 2. The van der Waals surface area contributed by atoms with Crippen molar-refractivity contribution in [2.24, 2.45) is 0 Å². The van der Waals surface area contributed by atoms with Crippen molar-refractivity contribution in [3.8, 4) is 11.5 Å². The SMILES string of the molecule is Cc1cc(O)c(CN2CCN(c3cccc(Cl)c3)CC2)c2c1C(=O)/C(=C/c1cccc(Cl)c1)O2. The quantitative estimate of drug-likeness (QED) is 0.454. The fourth-order valence-electron chi connectivity index (χ4n) is 4.54. The number of piperazine rings is 1. The van der Waals surface area contributed by atoms with Gasteiger partial charge in [0, 0.05) is 48.5 Å². The second-order valence-corrected chi connectivity index (χ2v) is 9.51. The Kier molecular flexibility index (Phi) is 6.26. The summed E-state index contributed by atoms with van der Waals surface area (Å²) in [5.41, 5.74) is 3.74. The normalized spacial score (nSPS) is 17.2. The molecule has 2 heterocycles. The van der Waals surface area contributed by atoms with Crippen molar-refractivity contribution in [1.29, 1.82) is 0 Å². The van der Waals surface area contributed by atoms with E-state index < -0.39 is 0 Å². The lowest BCUT2D eigenvalue weighted by molar-refractivity contribution is 0.101. The summed E-state index contributed by atoms with van der Waals surface area (Å²) in [5, 5.41) is 12.1. The Balaban J connectivity index is 1.36. The van der Waals surface area contributed by atoms with Crippen molar-refractivity contribution in [3.63, 3.8) is 0 Å². The molecule has 174 valence electrons. The van der Waals surface area contributed by atoms with Gasteiger partial charge < -0.3 is 14.7 Å². The van der Waals surface area contributed by atoms with E-state index in [0.29, 0.717) is 34.0 Å². The topological polar surface area (TPSA) is 53.0 Å². The van der Waals surface area contributed by atoms with Crippen LogP contribution >= 0.6 is 23.2 Å². The monoisotopic (exact) mass is 494 g/mol. The van der Waals surface area contributed by atoms with Crippen LogP contribution in [-0.2, 0) is 6.54 Å². The molecular weight excluding hydrogens is 471 g/mol. The highest BCUT2D eigenvalue weighted by molar-refractivity contribution is 6.31. The van der Waals surface area contributed by atoms with Gasteiger partial charge in [0.2, 0.25) is 5.78 Å². The number of fused-ring (bicyclic) bond motifs is 1. The highest BCUT2D eigenvalue weighted by atomic mass is 35.5. The van der Waals surface area contributed by atoms with E-state index in [-0.39, 0.29) is 17.3 Å². The van der Waals surface area contributed by atoms with E-state index in [0.717, 1.165) is 42.5 Å². The molecule has 34 heavy (non-hydrogen) atoms. The van der Waals surface area contributed by atoms with E-state index in [1.54, 1.807) is 24.3 Å². The van der Waals surface area contributed by atoms with Gasteiger partial charge in [-0.25, -0.2) is 0 Å². The van der Waals surface area contributed by atoms with Gasteiger partial charge in [-0.15, -0.1) is 0 Å². The highest BCUT2D eigenvalue weighted by Gasteiger charge is 2.34. The average molecular weight is 495 g/mol. The lowest BCUT2D eigenvalue weighted by atomic mass is 9.99. The number of hydrogen-bond donors (Lipinski definition) is 1. The van der Waals surface area contributed by atoms with Gasteiger partial charge >= 0.3 is 0 Å². The molecule has 0 aromatic heterocycles. The van der Waals surface area contributed by atoms with Crippen LogP contribution in [0.2, 0.25) is 10.0 Å². The summed E-state index contributed by atoms with van der Waals surface area (Å²) in [7, 11) is 0. The first kappa shape index (κ1) is 22.8. The molecule has 0 aliphatic carbocycles. The van der Waals surface area contributed by atoms with Crippen LogP contribution in [-0.4, -0.2) is 42.0 Å². The number of nitrogens with zero attached hydrogens (tertiary/aromatic N) is 2. The number of Topliss-reactive ketones (excluding diaryl/α,β-unsaturated/α-hetero) is 1. The van der Waals surface area contributed by atoms with Crippen molar-refractivity contribution in [2.75, 3.05) is 31.1 Å². The fourth-order valence-corrected chi connectivity index (χ4v) is 4.92. The smallest absolute Gasteiger partial charge is 0.232 e. The van der Waals surface area contributed by atoms with Crippen molar-refractivity contribution in [1.82, 2.24) is 4.90 Å². The number of anilines is 1. The highest BCUT2D eigenvalue weighted by Crippen LogP contribution is 2.42. The first-order chi connectivity index (χ1) is 16.4. The Morgan fingerprint density at radius 1 is 1.00 bits per heavy atom. The molecule has 5 rings (SSSR count). The molecule has 1 fully saturated rings. The maximum atomic E-state index is 13.2. The van der Waals surface area contributed by atoms with Crippen LogP contribution in [0.15, 0.2) is 60.4 Å². The fraction of sp³-hybridized carbons (Fsp3) is 0.222. The summed E-state index contributed by atoms with van der Waals surface area (Å²) in [5.74, 6) is 0.649. The summed E-state index contributed by atoms with van der Waals surface area (Å²) >= 11 is 12.2. The van der Waals surface area contributed by atoms with Gasteiger partial charge in [-0.05, 0) is 60.5 Å². The number of hydrogen-bond acceptors (Lipinski definition) is 5. The zero-order valence-electron chi connectivity index (χ0n) is 18.7. The number of phenols is 1. The van der Waals surface area contributed by atoms with Gasteiger partial charge in [0.1, 0.15) is 11.5 Å². The Labute approximate surface area is 208 Å². The maximum Gasteiger partial charge on any atom is 0.232 e. The number of carbonyl (C=O) groups excluding carboxylic acids is 1. The second-order valence-electron chi connectivity index (χ2n) is 8.63. The zero-order chi connectivity index (χ0) is 23.8. The number of benzene rings is 3. The summed E-state index contributed by atoms with van der Waals surface area (Å²) in [6, 6.07) is 16.8. The number of aryl methyl sites for hydroxylation is 1. The molecule has 1 saturated heterocycles. The van der Waals surface area contributed by atoms with E-state index in [2.05, 4.69) is 15.9 Å². The molecule has 2 aliphatic rings. The number of rotatable bonds is 4. The van der Waals surface area contributed by atoms with Gasteiger partial charge in [-0.1, -0.05) is 41.4 Å². The van der Waals surface area contributed by atoms with Crippen molar-refractivity contribution in [3.05, 3.63) is 92.7 Å². The molecule has 0 radical (unpaired) electrons. The number of ketones is 1. The second kappa shape index (κ2) is 9.34. The molecular formula is C27H24Cl2N2O3. The van der Waals surface area contributed by atoms with Crippen molar-refractivity contribution in [2.45, 2.75) is 13.5 Å². The molecule has 5 nitrogen and oxygen atoms in total. The van der Waals surface area contributed by atoms with Gasteiger partial charge in [0.05, 0.1) is 11.1 Å². The average Bonchev–Trinajstić information content (AvgIpc) is 3.13. The molecule has 3 aromatic rings. The summed E-state index contributed by atoms with van der Waals surface area (Å²) in [6.45, 7) is 5.62. The van der Waals surface area contributed by atoms with Crippen LogP contribution in [0, 0.1) is 6.92 Å². The van der Waals surface area contributed by atoms with E-state index >= 15 is 0 Å². The number of allylic oxidation sites excluding steroid dienone is 1. The lowest BCUT2D eigenvalue weighted by Crippen LogP contribution is -2.46. The molecule has 0 unspecified atom stereocenters. The van der Waals surface area contributed by atoms with Crippen LogP contribution < -0.4 is 9.64 Å². The maximum absolute atomic E-state index is 13.2. The summed E-state index contributed by atoms with van der Waals surface area (Å²) in [6.07, 6.45) is 1.69. The molecule has 0 atom stereocenters. The third-order valence-electron chi connectivity index (χ3n) is 6.29. The molecule has 0 bridgehead atoms. The van der Waals surface area contributed by atoms with Crippen molar-refractivity contribution >= 4 is 40.7 Å². The molecule has 7 heteroatoms. The predicted molar refractivity (Wildman–Crippen MR) is 136 cm³/mol. The Morgan fingerprint density at radius 2 is 1.71 bits per heavy atom. The van der Waals surface area contributed by atoms with Crippen LogP contribution in [0.1, 0.15) is 27.0 Å². The van der Waals surface area contributed by atoms with Gasteiger partial charge in [-0.2, -0.15) is 0 Å². The largest absolute Gasteiger partial charge is 0.507 e. The third kappa shape index (κ3) is 4.51. The first-order valence-electron chi connectivity index (χ1n) is 11.2. The Morgan fingerprint density at radius 3 is 2.41 bits per heavy atom. The minimum absolute atomic E-state index is 0.144. The number of ether oxygens (including phenoxy) is 1. The van der Waals surface area contributed by atoms with Crippen LogP contribution in [0.3, 0.4) is 0 Å². The number of phenolic OH excluding ortho intramolecular Hbond substituents is 1. The molecule has 3 aromatic carbocycles. The first-order valence-corrected chi connectivity index (χ1v) is 11.9. The van der Waals surface area contributed by atoms with E-state index in [1.807, 2.05) is 37.3 Å². The van der Waals surface area contributed by atoms with Crippen molar-refractivity contribution < 1.29 is 14.6 Å². The Hall–Kier alpha value is -2.99. The molecule has 0 saturated carbocycles. The third-order valence-corrected chi connectivity index (χ3v) is 6.76. The van der Waals surface area contributed by atoms with Gasteiger partial charge in [0.15, 0.2) is 5.76 Å². The predicted octanol–water partition coefficient (Wildman–Crippen LogP) is 5.95. The molecule has 0 spiro atoms.